The lowest BCUT2D eigenvalue weighted by molar-refractivity contribution is -0.125. The molecule has 8 nitrogen and oxygen atoms in total. The molecule has 0 saturated heterocycles. The van der Waals surface area contributed by atoms with Crippen LogP contribution in [0.4, 0.5) is 5.69 Å². The second kappa shape index (κ2) is 11.2. The number of anilines is 1. The van der Waals surface area contributed by atoms with Crippen LogP contribution in [0.25, 0.3) is 0 Å². The van der Waals surface area contributed by atoms with E-state index in [1.165, 1.54) is 25.1 Å². The SMILES string of the molecule is CN(C)S(=O)(=O)c1ccccc1CNC(=O)CCC(=O)N(CCC#N)c1ccccc1. The minimum absolute atomic E-state index is 0.0240. The maximum atomic E-state index is 12.6. The number of para-hydroxylation sites is 1. The molecule has 2 rings (SSSR count). The molecule has 0 aromatic heterocycles. The molecule has 0 bridgehead atoms. The summed E-state index contributed by atoms with van der Waals surface area (Å²) in [5.41, 5.74) is 1.14. The monoisotopic (exact) mass is 442 g/mol. The molecule has 0 aliphatic rings. The summed E-state index contributed by atoms with van der Waals surface area (Å²) in [6, 6.07) is 17.5. The number of carbonyl (C=O) groups is 2. The number of hydrogen-bond donors (Lipinski definition) is 1. The topological polar surface area (TPSA) is 111 Å². The molecule has 0 aliphatic carbocycles. The number of nitriles is 1. The second-order valence-electron chi connectivity index (χ2n) is 6.96. The summed E-state index contributed by atoms with van der Waals surface area (Å²) < 4.78 is 26.0. The van der Waals surface area contributed by atoms with Crippen molar-refractivity contribution in [3.8, 4) is 6.07 Å². The second-order valence-corrected chi connectivity index (χ2v) is 9.08. The summed E-state index contributed by atoms with van der Waals surface area (Å²) >= 11 is 0. The third-order valence-corrected chi connectivity index (χ3v) is 6.50. The van der Waals surface area contributed by atoms with Crippen LogP contribution in [-0.2, 0) is 26.2 Å². The van der Waals surface area contributed by atoms with Gasteiger partial charge in [-0.05, 0) is 23.8 Å². The summed E-state index contributed by atoms with van der Waals surface area (Å²) in [6.07, 6.45) is 0.116. The molecule has 164 valence electrons. The maximum absolute atomic E-state index is 12.6. The van der Waals surface area contributed by atoms with Crippen molar-refractivity contribution in [1.29, 1.82) is 5.26 Å². The van der Waals surface area contributed by atoms with Crippen molar-refractivity contribution in [2.24, 2.45) is 0 Å². The molecule has 31 heavy (non-hydrogen) atoms. The zero-order chi connectivity index (χ0) is 22.9. The Kier molecular flexibility index (Phi) is 8.73. The van der Waals surface area contributed by atoms with E-state index in [0.717, 1.165) is 4.31 Å². The standard InChI is InChI=1S/C22H26N4O4S/c1-25(2)31(29,30)20-12-7-6-9-18(20)17-24-21(27)13-14-22(28)26(16-8-15-23)19-10-4-3-5-11-19/h3-7,9-12H,8,13-14,16-17H2,1-2H3,(H,24,27). The molecule has 0 unspecified atom stereocenters. The Morgan fingerprint density at radius 3 is 2.29 bits per heavy atom. The average Bonchev–Trinajstić information content (AvgIpc) is 2.77. The third-order valence-electron chi connectivity index (χ3n) is 4.59. The van der Waals surface area contributed by atoms with Gasteiger partial charge in [0.2, 0.25) is 21.8 Å². The fourth-order valence-corrected chi connectivity index (χ4v) is 4.02. The lowest BCUT2D eigenvalue weighted by atomic mass is 10.2. The Balaban J connectivity index is 1.98. The zero-order valence-electron chi connectivity index (χ0n) is 17.6. The molecule has 1 N–H and O–H groups in total. The van der Waals surface area contributed by atoms with E-state index in [9.17, 15) is 18.0 Å². The molecule has 0 saturated carbocycles. The predicted molar refractivity (Wildman–Crippen MR) is 117 cm³/mol. The molecule has 0 heterocycles. The van der Waals surface area contributed by atoms with E-state index in [-0.39, 0.29) is 49.1 Å². The van der Waals surface area contributed by atoms with Crippen LogP contribution in [0.1, 0.15) is 24.8 Å². The lowest BCUT2D eigenvalue weighted by Crippen LogP contribution is -2.33. The van der Waals surface area contributed by atoms with Gasteiger partial charge in [0, 0.05) is 45.7 Å². The number of sulfonamides is 1. The van der Waals surface area contributed by atoms with Gasteiger partial charge >= 0.3 is 0 Å². The third kappa shape index (κ3) is 6.64. The van der Waals surface area contributed by atoms with E-state index >= 15 is 0 Å². The number of nitrogens with one attached hydrogen (secondary N) is 1. The van der Waals surface area contributed by atoms with Crippen LogP contribution in [0, 0.1) is 11.3 Å². The van der Waals surface area contributed by atoms with Gasteiger partial charge in [-0.2, -0.15) is 5.26 Å². The van der Waals surface area contributed by atoms with Crippen molar-refractivity contribution in [3.63, 3.8) is 0 Å². The van der Waals surface area contributed by atoms with E-state index in [4.69, 9.17) is 5.26 Å². The smallest absolute Gasteiger partial charge is 0.242 e. The zero-order valence-corrected chi connectivity index (χ0v) is 18.4. The fraction of sp³-hybridized carbons (Fsp3) is 0.318. The molecule has 0 spiro atoms. The molecular weight excluding hydrogens is 416 g/mol. The van der Waals surface area contributed by atoms with Crippen molar-refractivity contribution in [2.75, 3.05) is 25.5 Å². The quantitative estimate of drug-likeness (QED) is 0.607. The van der Waals surface area contributed by atoms with Crippen molar-refractivity contribution in [3.05, 3.63) is 60.2 Å². The largest absolute Gasteiger partial charge is 0.352 e. The van der Waals surface area contributed by atoms with E-state index < -0.39 is 10.0 Å². The normalized spacial score (nSPS) is 11.0. The highest BCUT2D eigenvalue weighted by molar-refractivity contribution is 7.89. The van der Waals surface area contributed by atoms with Gasteiger partial charge in [0.25, 0.3) is 0 Å². The number of benzene rings is 2. The van der Waals surface area contributed by atoms with Crippen molar-refractivity contribution in [1.82, 2.24) is 9.62 Å². The number of amides is 2. The van der Waals surface area contributed by atoms with Crippen LogP contribution in [0.3, 0.4) is 0 Å². The molecule has 0 aliphatic heterocycles. The van der Waals surface area contributed by atoms with Crippen LogP contribution in [0.5, 0.6) is 0 Å². The van der Waals surface area contributed by atoms with Crippen LogP contribution in [0.2, 0.25) is 0 Å². The number of rotatable bonds is 10. The highest BCUT2D eigenvalue weighted by Gasteiger charge is 2.21. The summed E-state index contributed by atoms with van der Waals surface area (Å²) in [5.74, 6) is -0.620. The molecule has 2 aromatic carbocycles. The summed E-state index contributed by atoms with van der Waals surface area (Å²) in [7, 11) is -0.746. The van der Waals surface area contributed by atoms with E-state index in [1.54, 1.807) is 42.5 Å². The van der Waals surface area contributed by atoms with Gasteiger partial charge in [-0.3, -0.25) is 9.59 Å². The molecule has 9 heteroatoms. The van der Waals surface area contributed by atoms with Gasteiger partial charge in [-0.15, -0.1) is 0 Å². The minimum Gasteiger partial charge on any atom is -0.352 e. The lowest BCUT2D eigenvalue weighted by Gasteiger charge is -2.21. The molecule has 2 amide bonds. The van der Waals surface area contributed by atoms with Crippen LogP contribution in [0.15, 0.2) is 59.5 Å². The van der Waals surface area contributed by atoms with Gasteiger partial charge in [-0.1, -0.05) is 36.4 Å². The van der Waals surface area contributed by atoms with Crippen molar-refractivity contribution < 1.29 is 18.0 Å². The summed E-state index contributed by atoms with van der Waals surface area (Å²) in [4.78, 5) is 26.6. The predicted octanol–water partition coefficient (Wildman–Crippen LogP) is 2.28. The van der Waals surface area contributed by atoms with Crippen molar-refractivity contribution >= 4 is 27.5 Å². The molecule has 0 fully saturated rings. The Labute approximate surface area is 183 Å². The van der Waals surface area contributed by atoms with Crippen molar-refractivity contribution in [2.45, 2.75) is 30.7 Å². The van der Waals surface area contributed by atoms with Gasteiger partial charge in [0.05, 0.1) is 17.4 Å². The number of hydrogen-bond acceptors (Lipinski definition) is 5. The maximum Gasteiger partial charge on any atom is 0.242 e. The number of nitrogens with zero attached hydrogens (tertiary/aromatic N) is 3. The Hall–Kier alpha value is -3.22. The first kappa shape index (κ1) is 24.1. The minimum atomic E-state index is -3.64. The Bertz CT molecular complexity index is 1050. The van der Waals surface area contributed by atoms with Gasteiger partial charge in [0.1, 0.15) is 0 Å². The van der Waals surface area contributed by atoms with E-state index in [2.05, 4.69) is 5.32 Å². The Morgan fingerprint density at radius 2 is 1.65 bits per heavy atom. The molecular formula is C22H26N4O4S. The average molecular weight is 443 g/mol. The summed E-state index contributed by atoms with van der Waals surface area (Å²) in [5, 5.41) is 11.5. The van der Waals surface area contributed by atoms with Gasteiger partial charge < -0.3 is 10.2 Å². The molecule has 2 aromatic rings. The van der Waals surface area contributed by atoms with Crippen LogP contribution < -0.4 is 10.2 Å². The first-order valence-corrected chi connectivity index (χ1v) is 11.2. The first-order valence-electron chi connectivity index (χ1n) is 9.77. The molecule has 0 atom stereocenters. The highest BCUT2D eigenvalue weighted by atomic mass is 32.2. The fourth-order valence-electron chi connectivity index (χ4n) is 2.90. The highest BCUT2D eigenvalue weighted by Crippen LogP contribution is 2.19. The Morgan fingerprint density at radius 1 is 1.00 bits per heavy atom. The van der Waals surface area contributed by atoms with Gasteiger partial charge in [-0.25, -0.2) is 12.7 Å². The van der Waals surface area contributed by atoms with Crippen LogP contribution >= 0.6 is 0 Å². The molecule has 0 radical (unpaired) electrons. The van der Waals surface area contributed by atoms with Crippen LogP contribution in [-0.4, -0.2) is 45.2 Å². The van der Waals surface area contributed by atoms with E-state index in [1.807, 2.05) is 12.1 Å². The van der Waals surface area contributed by atoms with Gasteiger partial charge in [0.15, 0.2) is 0 Å². The number of carbonyl (C=O) groups excluding carboxylic acids is 2. The first-order chi connectivity index (χ1) is 14.8. The van der Waals surface area contributed by atoms with E-state index in [0.29, 0.717) is 11.3 Å². The summed E-state index contributed by atoms with van der Waals surface area (Å²) in [6.45, 7) is 0.282.